The van der Waals surface area contributed by atoms with Crippen molar-refractivity contribution in [2.75, 3.05) is 36.6 Å². The van der Waals surface area contributed by atoms with Gasteiger partial charge in [0.1, 0.15) is 0 Å². The molecule has 0 aliphatic carbocycles. The van der Waals surface area contributed by atoms with Gasteiger partial charge in [0.2, 0.25) is 5.91 Å². The van der Waals surface area contributed by atoms with Gasteiger partial charge in [0, 0.05) is 37.8 Å². The molecule has 0 spiro atoms. The zero-order chi connectivity index (χ0) is 13.8. The normalized spacial score (nSPS) is 15.8. The summed E-state index contributed by atoms with van der Waals surface area (Å²) < 4.78 is 0. The SMILES string of the molecule is CC(C)C(=O)N1CCN(c2ccc(NO)cc2)CC1. The molecular formula is C14H21N3O2. The minimum absolute atomic E-state index is 0.0708. The van der Waals surface area contributed by atoms with E-state index in [1.807, 2.05) is 43.0 Å². The number of benzene rings is 1. The molecule has 1 fully saturated rings. The summed E-state index contributed by atoms with van der Waals surface area (Å²) in [5.41, 5.74) is 3.92. The van der Waals surface area contributed by atoms with E-state index in [4.69, 9.17) is 5.21 Å². The van der Waals surface area contributed by atoms with Crippen molar-refractivity contribution in [1.29, 1.82) is 0 Å². The molecule has 1 aromatic carbocycles. The Labute approximate surface area is 113 Å². The zero-order valence-corrected chi connectivity index (χ0v) is 11.5. The molecule has 104 valence electrons. The number of amides is 1. The van der Waals surface area contributed by atoms with Gasteiger partial charge in [0.15, 0.2) is 0 Å². The monoisotopic (exact) mass is 263 g/mol. The average Bonchev–Trinajstić information content (AvgIpc) is 2.46. The van der Waals surface area contributed by atoms with Crippen molar-refractivity contribution < 1.29 is 10.0 Å². The number of carbonyl (C=O) groups is 1. The summed E-state index contributed by atoms with van der Waals surface area (Å²) in [6.45, 7) is 7.13. The van der Waals surface area contributed by atoms with Gasteiger partial charge in [0.05, 0.1) is 5.69 Å². The van der Waals surface area contributed by atoms with E-state index in [9.17, 15) is 4.79 Å². The number of piperazine rings is 1. The van der Waals surface area contributed by atoms with Crippen molar-refractivity contribution in [3.8, 4) is 0 Å². The van der Waals surface area contributed by atoms with E-state index in [-0.39, 0.29) is 11.8 Å². The number of nitrogens with one attached hydrogen (secondary N) is 1. The van der Waals surface area contributed by atoms with Gasteiger partial charge in [0.25, 0.3) is 0 Å². The van der Waals surface area contributed by atoms with Gasteiger partial charge < -0.3 is 9.80 Å². The van der Waals surface area contributed by atoms with Crippen molar-refractivity contribution in [1.82, 2.24) is 4.90 Å². The summed E-state index contributed by atoms with van der Waals surface area (Å²) in [6, 6.07) is 7.61. The zero-order valence-electron chi connectivity index (χ0n) is 11.5. The number of hydrogen-bond acceptors (Lipinski definition) is 4. The molecule has 0 radical (unpaired) electrons. The predicted molar refractivity (Wildman–Crippen MR) is 75.5 cm³/mol. The van der Waals surface area contributed by atoms with Crippen LogP contribution in [0.3, 0.4) is 0 Å². The molecular weight excluding hydrogens is 242 g/mol. The smallest absolute Gasteiger partial charge is 0.225 e. The number of nitrogens with zero attached hydrogens (tertiary/aromatic N) is 2. The van der Waals surface area contributed by atoms with Crippen LogP contribution in [0.15, 0.2) is 24.3 Å². The molecule has 0 saturated carbocycles. The Bertz CT molecular complexity index is 423. The Hall–Kier alpha value is -1.75. The van der Waals surface area contributed by atoms with Crippen molar-refractivity contribution in [3.05, 3.63) is 24.3 Å². The first-order valence-electron chi connectivity index (χ1n) is 6.65. The van der Waals surface area contributed by atoms with Gasteiger partial charge in [-0.2, -0.15) is 0 Å². The average molecular weight is 263 g/mol. The maximum absolute atomic E-state index is 11.9. The summed E-state index contributed by atoms with van der Waals surface area (Å²) in [5.74, 6) is 0.306. The third-order valence-corrected chi connectivity index (χ3v) is 3.45. The Morgan fingerprint density at radius 3 is 2.21 bits per heavy atom. The summed E-state index contributed by atoms with van der Waals surface area (Å²) in [7, 11) is 0. The fourth-order valence-corrected chi connectivity index (χ4v) is 2.30. The van der Waals surface area contributed by atoms with E-state index in [1.165, 1.54) is 0 Å². The van der Waals surface area contributed by atoms with Crippen LogP contribution in [0.5, 0.6) is 0 Å². The molecule has 1 saturated heterocycles. The highest BCUT2D eigenvalue weighted by atomic mass is 16.5. The number of hydrogen-bond donors (Lipinski definition) is 2. The molecule has 0 aromatic heterocycles. The molecule has 2 N–H and O–H groups in total. The second-order valence-electron chi connectivity index (χ2n) is 5.13. The molecule has 1 aromatic rings. The van der Waals surface area contributed by atoms with Gasteiger partial charge >= 0.3 is 0 Å². The number of anilines is 2. The largest absolute Gasteiger partial charge is 0.368 e. The number of carbonyl (C=O) groups excluding carboxylic acids is 1. The van der Waals surface area contributed by atoms with E-state index in [0.717, 1.165) is 31.9 Å². The fraction of sp³-hybridized carbons (Fsp3) is 0.500. The van der Waals surface area contributed by atoms with E-state index in [1.54, 1.807) is 0 Å². The van der Waals surface area contributed by atoms with Crippen molar-refractivity contribution >= 4 is 17.3 Å². The lowest BCUT2D eigenvalue weighted by molar-refractivity contribution is -0.134. The van der Waals surface area contributed by atoms with Crippen LogP contribution < -0.4 is 10.4 Å². The Kier molecular flexibility index (Phi) is 4.27. The molecule has 19 heavy (non-hydrogen) atoms. The molecule has 1 aliphatic rings. The maximum Gasteiger partial charge on any atom is 0.225 e. The fourth-order valence-electron chi connectivity index (χ4n) is 2.30. The highest BCUT2D eigenvalue weighted by molar-refractivity contribution is 5.78. The molecule has 1 aliphatic heterocycles. The minimum Gasteiger partial charge on any atom is -0.368 e. The van der Waals surface area contributed by atoms with Gasteiger partial charge in [-0.05, 0) is 24.3 Å². The Balaban J connectivity index is 1.94. The van der Waals surface area contributed by atoms with Crippen molar-refractivity contribution in [2.24, 2.45) is 5.92 Å². The molecule has 5 heteroatoms. The lowest BCUT2D eigenvalue weighted by atomic mass is 10.1. The van der Waals surface area contributed by atoms with Crippen LogP contribution in [-0.2, 0) is 4.79 Å². The van der Waals surface area contributed by atoms with Crippen molar-refractivity contribution in [2.45, 2.75) is 13.8 Å². The van der Waals surface area contributed by atoms with E-state index >= 15 is 0 Å². The molecule has 5 nitrogen and oxygen atoms in total. The first kappa shape index (κ1) is 13.7. The van der Waals surface area contributed by atoms with Crippen LogP contribution in [0.4, 0.5) is 11.4 Å². The van der Waals surface area contributed by atoms with Crippen LogP contribution in [0.2, 0.25) is 0 Å². The third-order valence-electron chi connectivity index (χ3n) is 3.45. The molecule has 2 rings (SSSR count). The van der Waals surface area contributed by atoms with Crippen LogP contribution in [0, 0.1) is 5.92 Å². The van der Waals surface area contributed by atoms with Crippen LogP contribution >= 0.6 is 0 Å². The van der Waals surface area contributed by atoms with Crippen LogP contribution in [-0.4, -0.2) is 42.2 Å². The van der Waals surface area contributed by atoms with E-state index in [2.05, 4.69) is 10.4 Å². The van der Waals surface area contributed by atoms with Crippen molar-refractivity contribution in [3.63, 3.8) is 0 Å². The number of rotatable bonds is 3. The Morgan fingerprint density at radius 1 is 1.16 bits per heavy atom. The summed E-state index contributed by atoms with van der Waals surface area (Å²) >= 11 is 0. The minimum atomic E-state index is 0.0708. The first-order valence-corrected chi connectivity index (χ1v) is 6.65. The molecule has 0 unspecified atom stereocenters. The first-order chi connectivity index (χ1) is 9.11. The third kappa shape index (κ3) is 3.17. The predicted octanol–water partition coefficient (Wildman–Crippen LogP) is 1.79. The molecule has 1 heterocycles. The van der Waals surface area contributed by atoms with Gasteiger partial charge in [-0.15, -0.1) is 0 Å². The highest BCUT2D eigenvalue weighted by Crippen LogP contribution is 2.19. The summed E-state index contributed by atoms with van der Waals surface area (Å²) in [5, 5.41) is 8.78. The molecule has 1 amide bonds. The topological polar surface area (TPSA) is 55.8 Å². The lowest BCUT2D eigenvalue weighted by Gasteiger charge is -2.37. The van der Waals surface area contributed by atoms with Crippen LogP contribution in [0.25, 0.3) is 0 Å². The molecule has 0 atom stereocenters. The Morgan fingerprint density at radius 2 is 1.74 bits per heavy atom. The lowest BCUT2D eigenvalue weighted by Crippen LogP contribution is -2.49. The second kappa shape index (κ2) is 5.93. The highest BCUT2D eigenvalue weighted by Gasteiger charge is 2.22. The van der Waals surface area contributed by atoms with Gasteiger partial charge in [-0.1, -0.05) is 13.8 Å². The van der Waals surface area contributed by atoms with E-state index in [0.29, 0.717) is 5.69 Å². The second-order valence-corrected chi connectivity index (χ2v) is 5.13. The molecule has 0 bridgehead atoms. The standard InChI is InChI=1S/C14H21N3O2/c1-11(2)14(18)17-9-7-16(8-10-17)13-5-3-12(15-19)4-6-13/h3-6,11,15,19H,7-10H2,1-2H3. The van der Waals surface area contributed by atoms with Gasteiger partial charge in [-0.3, -0.25) is 15.5 Å². The van der Waals surface area contributed by atoms with E-state index < -0.39 is 0 Å². The summed E-state index contributed by atoms with van der Waals surface area (Å²) in [4.78, 5) is 16.1. The maximum atomic E-state index is 11.9. The van der Waals surface area contributed by atoms with Gasteiger partial charge in [-0.25, -0.2) is 0 Å². The summed E-state index contributed by atoms with van der Waals surface area (Å²) in [6.07, 6.45) is 0. The van der Waals surface area contributed by atoms with Crippen LogP contribution in [0.1, 0.15) is 13.8 Å². The quantitative estimate of drug-likeness (QED) is 0.816.